The lowest BCUT2D eigenvalue weighted by Gasteiger charge is -2.40. The molecular weight excluding hydrogens is 232 g/mol. The van der Waals surface area contributed by atoms with Crippen molar-refractivity contribution in [3.05, 3.63) is 35.9 Å². The van der Waals surface area contributed by atoms with Crippen LogP contribution < -0.4 is 5.32 Å². The molecule has 1 saturated heterocycles. The lowest BCUT2D eigenvalue weighted by molar-refractivity contribution is 0.106. The molecule has 1 aromatic rings. The van der Waals surface area contributed by atoms with Crippen molar-refractivity contribution in [3.8, 4) is 0 Å². The van der Waals surface area contributed by atoms with Gasteiger partial charge in [-0.1, -0.05) is 44.2 Å². The average Bonchev–Trinajstić information content (AvgIpc) is 2.45. The summed E-state index contributed by atoms with van der Waals surface area (Å²) in [5, 5.41) is 3.54. The summed E-state index contributed by atoms with van der Waals surface area (Å²) in [6.07, 6.45) is 2.63. The summed E-state index contributed by atoms with van der Waals surface area (Å²) in [4.78, 5) is 2.69. The molecule has 106 valence electrons. The molecular formula is C17H28N2. The van der Waals surface area contributed by atoms with Crippen LogP contribution in [0.25, 0.3) is 0 Å². The van der Waals surface area contributed by atoms with E-state index >= 15 is 0 Å². The number of hydrogen-bond acceptors (Lipinski definition) is 2. The van der Waals surface area contributed by atoms with Crippen LogP contribution in [0.1, 0.15) is 45.2 Å². The molecule has 0 bridgehead atoms. The molecule has 0 amide bonds. The van der Waals surface area contributed by atoms with Crippen LogP contribution in [0.5, 0.6) is 0 Å². The standard InChI is InChI=1S/C17H28N2/c1-14(2)9-10-15(3)19-12-11-18-13-17(19)16-7-5-4-6-8-16/h4-8,14-15,17-18H,9-13H2,1-3H3. The molecule has 2 atom stereocenters. The second-order valence-corrected chi connectivity index (χ2v) is 6.19. The van der Waals surface area contributed by atoms with E-state index in [4.69, 9.17) is 0 Å². The first-order chi connectivity index (χ1) is 9.18. The Hall–Kier alpha value is -0.860. The predicted octanol–water partition coefficient (Wildman–Crippen LogP) is 3.46. The highest BCUT2D eigenvalue weighted by Gasteiger charge is 2.27. The molecule has 1 heterocycles. The number of hydrogen-bond donors (Lipinski definition) is 1. The number of piperazine rings is 1. The maximum atomic E-state index is 3.54. The molecule has 0 saturated carbocycles. The van der Waals surface area contributed by atoms with Crippen molar-refractivity contribution in [2.45, 2.75) is 45.7 Å². The summed E-state index contributed by atoms with van der Waals surface area (Å²) in [7, 11) is 0. The third-order valence-corrected chi connectivity index (χ3v) is 4.20. The van der Waals surface area contributed by atoms with Crippen LogP contribution in [0.4, 0.5) is 0 Å². The van der Waals surface area contributed by atoms with Crippen molar-refractivity contribution in [3.63, 3.8) is 0 Å². The first-order valence-corrected chi connectivity index (χ1v) is 7.70. The van der Waals surface area contributed by atoms with E-state index in [1.807, 2.05) is 0 Å². The lowest BCUT2D eigenvalue weighted by Crippen LogP contribution is -2.49. The topological polar surface area (TPSA) is 15.3 Å². The minimum Gasteiger partial charge on any atom is -0.314 e. The Kier molecular flexibility index (Phi) is 5.41. The van der Waals surface area contributed by atoms with Gasteiger partial charge in [-0.05, 0) is 31.2 Å². The SMILES string of the molecule is CC(C)CCC(C)N1CCNCC1c1ccccc1. The number of nitrogens with zero attached hydrogens (tertiary/aromatic N) is 1. The first kappa shape index (κ1) is 14.5. The zero-order valence-electron chi connectivity index (χ0n) is 12.6. The minimum atomic E-state index is 0.539. The van der Waals surface area contributed by atoms with Gasteiger partial charge in [0, 0.05) is 31.7 Å². The molecule has 1 aliphatic heterocycles. The quantitative estimate of drug-likeness (QED) is 0.872. The van der Waals surface area contributed by atoms with E-state index in [0.717, 1.165) is 19.0 Å². The van der Waals surface area contributed by atoms with E-state index in [9.17, 15) is 0 Å². The summed E-state index contributed by atoms with van der Waals surface area (Å²) in [6.45, 7) is 10.4. The van der Waals surface area contributed by atoms with Gasteiger partial charge in [0.1, 0.15) is 0 Å². The zero-order valence-corrected chi connectivity index (χ0v) is 12.6. The van der Waals surface area contributed by atoms with Gasteiger partial charge in [-0.15, -0.1) is 0 Å². The fourth-order valence-electron chi connectivity index (χ4n) is 2.97. The van der Waals surface area contributed by atoms with Crippen molar-refractivity contribution in [1.82, 2.24) is 10.2 Å². The number of rotatable bonds is 5. The van der Waals surface area contributed by atoms with Crippen molar-refractivity contribution >= 4 is 0 Å². The summed E-state index contributed by atoms with van der Waals surface area (Å²) in [6, 6.07) is 12.2. The monoisotopic (exact) mass is 260 g/mol. The molecule has 0 spiro atoms. The van der Waals surface area contributed by atoms with Crippen LogP contribution in [0.15, 0.2) is 30.3 Å². The maximum absolute atomic E-state index is 3.54. The molecule has 1 N–H and O–H groups in total. The van der Waals surface area contributed by atoms with Gasteiger partial charge < -0.3 is 5.32 Å². The van der Waals surface area contributed by atoms with Gasteiger partial charge in [0.25, 0.3) is 0 Å². The smallest absolute Gasteiger partial charge is 0.0476 e. The zero-order chi connectivity index (χ0) is 13.7. The van der Waals surface area contributed by atoms with E-state index < -0.39 is 0 Å². The van der Waals surface area contributed by atoms with E-state index in [2.05, 4.69) is 61.3 Å². The average molecular weight is 260 g/mol. The molecule has 1 aliphatic rings. The fourth-order valence-corrected chi connectivity index (χ4v) is 2.97. The third-order valence-electron chi connectivity index (χ3n) is 4.20. The van der Waals surface area contributed by atoms with E-state index in [1.165, 1.54) is 24.9 Å². The Bertz CT molecular complexity index is 361. The highest BCUT2D eigenvalue weighted by Crippen LogP contribution is 2.26. The lowest BCUT2D eigenvalue weighted by atomic mass is 9.98. The Balaban J connectivity index is 2.03. The highest BCUT2D eigenvalue weighted by molar-refractivity contribution is 5.20. The highest BCUT2D eigenvalue weighted by atomic mass is 15.2. The number of nitrogens with one attached hydrogen (secondary N) is 1. The van der Waals surface area contributed by atoms with Crippen LogP contribution in [0.3, 0.4) is 0 Å². The summed E-state index contributed by atoms with van der Waals surface area (Å²) >= 11 is 0. The molecule has 0 aliphatic carbocycles. The van der Waals surface area contributed by atoms with E-state index in [1.54, 1.807) is 0 Å². The third kappa shape index (κ3) is 4.05. The molecule has 0 aromatic heterocycles. The van der Waals surface area contributed by atoms with Crippen molar-refractivity contribution < 1.29 is 0 Å². The normalized spacial score (nSPS) is 22.6. The Morgan fingerprint density at radius 3 is 2.58 bits per heavy atom. The molecule has 0 radical (unpaired) electrons. The summed E-state index contributed by atoms with van der Waals surface area (Å²) in [5.74, 6) is 0.806. The molecule has 19 heavy (non-hydrogen) atoms. The van der Waals surface area contributed by atoms with Crippen molar-refractivity contribution in [2.24, 2.45) is 5.92 Å². The molecule has 1 aromatic carbocycles. The Morgan fingerprint density at radius 1 is 1.16 bits per heavy atom. The van der Waals surface area contributed by atoms with Gasteiger partial charge in [0.15, 0.2) is 0 Å². The molecule has 1 fully saturated rings. The van der Waals surface area contributed by atoms with Gasteiger partial charge in [-0.2, -0.15) is 0 Å². The predicted molar refractivity (Wildman–Crippen MR) is 82.3 cm³/mol. The van der Waals surface area contributed by atoms with Crippen LogP contribution in [-0.2, 0) is 0 Å². The molecule has 2 rings (SSSR count). The Morgan fingerprint density at radius 2 is 1.89 bits per heavy atom. The molecule has 2 unspecified atom stereocenters. The van der Waals surface area contributed by atoms with Gasteiger partial charge >= 0.3 is 0 Å². The summed E-state index contributed by atoms with van der Waals surface area (Å²) in [5.41, 5.74) is 1.45. The van der Waals surface area contributed by atoms with Gasteiger partial charge in [0.2, 0.25) is 0 Å². The fraction of sp³-hybridized carbons (Fsp3) is 0.647. The van der Waals surface area contributed by atoms with Crippen LogP contribution in [0, 0.1) is 5.92 Å². The van der Waals surface area contributed by atoms with Gasteiger partial charge in [-0.3, -0.25) is 4.90 Å². The second kappa shape index (κ2) is 7.06. The van der Waals surface area contributed by atoms with Gasteiger partial charge in [-0.25, -0.2) is 0 Å². The van der Waals surface area contributed by atoms with E-state index in [0.29, 0.717) is 12.1 Å². The number of benzene rings is 1. The van der Waals surface area contributed by atoms with Crippen LogP contribution >= 0.6 is 0 Å². The van der Waals surface area contributed by atoms with Crippen LogP contribution in [0.2, 0.25) is 0 Å². The Labute approximate surface area is 118 Å². The van der Waals surface area contributed by atoms with Gasteiger partial charge in [0.05, 0.1) is 0 Å². The maximum Gasteiger partial charge on any atom is 0.0476 e. The van der Waals surface area contributed by atoms with E-state index in [-0.39, 0.29) is 0 Å². The largest absolute Gasteiger partial charge is 0.314 e. The second-order valence-electron chi connectivity index (χ2n) is 6.19. The minimum absolute atomic E-state index is 0.539. The summed E-state index contributed by atoms with van der Waals surface area (Å²) < 4.78 is 0. The molecule has 2 nitrogen and oxygen atoms in total. The van der Waals surface area contributed by atoms with Crippen molar-refractivity contribution in [1.29, 1.82) is 0 Å². The molecule has 2 heteroatoms. The first-order valence-electron chi connectivity index (χ1n) is 7.70. The van der Waals surface area contributed by atoms with Crippen LogP contribution in [-0.4, -0.2) is 30.6 Å². The van der Waals surface area contributed by atoms with Crippen molar-refractivity contribution in [2.75, 3.05) is 19.6 Å².